The predicted molar refractivity (Wildman–Crippen MR) is 24.0 cm³/mol. The first-order chi connectivity index (χ1) is 3.11. The fraction of sp³-hybridized carbons (Fsp3) is 1.00. The van der Waals surface area contributed by atoms with Crippen LogP contribution < -0.4 is 0 Å². The average Bonchev–Trinajstić information content (AvgIpc) is 1.99. The molecule has 0 aliphatic rings. The molecule has 0 fully saturated rings. The minimum absolute atomic E-state index is 0. The topological polar surface area (TPSA) is 31.2 Å². The summed E-state index contributed by atoms with van der Waals surface area (Å²) in [5.41, 5.74) is 0. The molecule has 0 N–H and O–H groups in total. The maximum atomic E-state index is 4.41. The van der Waals surface area contributed by atoms with Crippen molar-refractivity contribution in [1.29, 1.82) is 0 Å². The predicted octanol–water partition coefficient (Wildman–Crippen LogP) is 1.43. The highest BCUT2D eigenvalue weighted by Crippen LogP contribution is 2.15. The summed E-state index contributed by atoms with van der Waals surface area (Å²) in [7, 11) is 0. The van der Waals surface area contributed by atoms with Crippen LogP contribution in [0.5, 0.6) is 0 Å². The van der Waals surface area contributed by atoms with Crippen molar-refractivity contribution in [3.63, 3.8) is 0 Å². The Hall–Kier alpha value is -0.600. The van der Waals surface area contributed by atoms with E-state index < -0.39 is 0 Å². The van der Waals surface area contributed by atoms with Crippen molar-refractivity contribution in [3.8, 4) is 0 Å². The van der Waals surface area contributed by atoms with E-state index in [1.54, 1.807) is 0 Å². The lowest BCUT2D eigenvalue weighted by Gasteiger charge is -2.03. The molecule has 0 aliphatic heterocycles. The summed E-state index contributed by atoms with van der Waals surface area (Å²) in [6.07, 6.45) is 0. The molecule has 0 saturated carbocycles. The van der Waals surface area contributed by atoms with Crippen LogP contribution in [0.1, 0.15) is 20.8 Å². The van der Waals surface area contributed by atoms with Gasteiger partial charge in [0.25, 0.3) is 0 Å². The van der Waals surface area contributed by atoms with Gasteiger partial charge >= 0.3 is 0 Å². The van der Waals surface area contributed by atoms with Crippen molar-refractivity contribution >= 4 is 0 Å². The van der Waals surface area contributed by atoms with E-state index in [1.165, 1.54) is 4.91 Å². The smallest absolute Gasteiger partial charge is 0.113 e. The van der Waals surface area contributed by atoms with E-state index in [9.17, 15) is 0 Å². The van der Waals surface area contributed by atoms with Gasteiger partial charge in [-0.2, -0.15) is 0 Å². The number of aromatic nitrogens is 1. The lowest BCUT2D eigenvalue weighted by atomic mass is 10.1. The molecule has 3 heteroatoms. The SMILES string of the molecule is CC(C)(C)n1oo1. The molecule has 0 unspecified atom stereocenters. The molecule has 1 aromatic heterocycles. The standard InChI is InChI=1S/C4H9NO2/c1-4(2,3)5-6-7-5/h1-3H3. The Balaban J connectivity index is 2.60. The van der Waals surface area contributed by atoms with Crippen LogP contribution in [0.15, 0.2) is 9.36 Å². The molecule has 0 aliphatic carbocycles. The summed E-state index contributed by atoms with van der Waals surface area (Å²) in [4.78, 5) is 1.44. The van der Waals surface area contributed by atoms with Gasteiger partial charge in [-0.05, 0) is 20.8 Å². The zero-order valence-electron chi connectivity index (χ0n) is 4.76. The minimum atomic E-state index is 0. The zero-order valence-corrected chi connectivity index (χ0v) is 4.76. The third-order valence-electron chi connectivity index (χ3n) is 0.697. The van der Waals surface area contributed by atoms with Crippen molar-refractivity contribution in [2.24, 2.45) is 0 Å². The van der Waals surface area contributed by atoms with Crippen LogP contribution in [0.2, 0.25) is 0 Å². The van der Waals surface area contributed by atoms with Crippen LogP contribution in [0.4, 0.5) is 0 Å². The molecule has 0 spiro atoms. The molecular formula is C4H9NO2. The molecule has 0 atom stereocenters. The van der Waals surface area contributed by atoms with Gasteiger partial charge in [-0.15, -0.1) is 9.36 Å². The van der Waals surface area contributed by atoms with Crippen molar-refractivity contribution in [1.82, 2.24) is 4.91 Å². The zero-order chi connectivity index (χ0) is 5.49. The van der Waals surface area contributed by atoms with Gasteiger partial charge in [0.05, 0.1) is 0 Å². The summed E-state index contributed by atoms with van der Waals surface area (Å²) in [5, 5.41) is 0. The van der Waals surface area contributed by atoms with Gasteiger partial charge in [-0.25, -0.2) is 0 Å². The molecule has 0 amide bonds. The van der Waals surface area contributed by atoms with Gasteiger partial charge in [0.1, 0.15) is 5.54 Å². The lowest BCUT2D eigenvalue weighted by Crippen LogP contribution is -2.13. The maximum Gasteiger partial charge on any atom is 0.113 e. The van der Waals surface area contributed by atoms with Gasteiger partial charge in [0, 0.05) is 4.91 Å². The summed E-state index contributed by atoms with van der Waals surface area (Å²) in [5.74, 6) is 0. The highest BCUT2D eigenvalue weighted by molar-refractivity contribution is 4.57. The summed E-state index contributed by atoms with van der Waals surface area (Å²) < 4.78 is 8.81. The fourth-order valence-electron chi connectivity index (χ4n) is 0.240. The van der Waals surface area contributed by atoms with Crippen LogP contribution in [-0.4, -0.2) is 4.91 Å². The van der Waals surface area contributed by atoms with Crippen LogP contribution in [0, 0.1) is 0 Å². The van der Waals surface area contributed by atoms with E-state index in [1.807, 2.05) is 20.8 Å². The molecule has 1 heterocycles. The van der Waals surface area contributed by atoms with E-state index in [0.717, 1.165) is 0 Å². The number of rotatable bonds is 0. The van der Waals surface area contributed by atoms with Crippen molar-refractivity contribution in [2.75, 3.05) is 0 Å². The molecule has 1 rings (SSSR count). The van der Waals surface area contributed by atoms with Crippen molar-refractivity contribution in [2.45, 2.75) is 26.3 Å². The molecule has 1 aromatic rings. The fourth-order valence-corrected chi connectivity index (χ4v) is 0.240. The first kappa shape index (κ1) is 4.56. The number of nitrogens with zero attached hydrogens (tertiary/aromatic N) is 1. The van der Waals surface area contributed by atoms with Gasteiger partial charge in [0.2, 0.25) is 0 Å². The Morgan fingerprint density at radius 2 is 1.57 bits per heavy atom. The Morgan fingerprint density at radius 1 is 1.14 bits per heavy atom. The molecule has 0 radical (unpaired) electrons. The second-order valence-electron chi connectivity index (χ2n) is 2.58. The Kier molecular flexibility index (Phi) is 0.629. The first-order valence-electron chi connectivity index (χ1n) is 2.26. The second-order valence-corrected chi connectivity index (χ2v) is 2.58. The van der Waals surface area contributed by atoms with E-state index >= 15 is 0 Å². The van der Waals surface area contributed by atoms with Crippen molar-refractivity contribution < 1.29 is 9.36 Å². The molecule has 7 heavy (non-hydrogen) atoms. The van der Waals surface area contributed by atoms with Crippen LogP contribution in [-0.2, 0) is 5.54 Å². The molecule has 0 bridgehead atoms. The highest BCUT2D eigenvalue weighted by atomic mass is 17.3. The molecule has 0 aromatic carbocycles. The van der Waals surface area contributed by atoms with Gasteiger partial charge in [-0.1, -0.05) is 0 Å². The Labute approximate surface area is 41.7 Å². The first-order valence-corrected chi connectivity index (χ1v) is 2.26. The summed E-state index contributed by atoms with van der Waals surface area (Å²) >= 11 is 0. The summed E-state index contributed by atoms with van der Waals surface area (Å²) in [6.45, 7) is 6.00. The van der Waals surface area contributed by atoms with E-state index in [4.69, 9.17) is 0 Å². The lowest BCUT2D eigenvalue weighted by molar-refractivity contribution is 0.264. The van der Waals surface area contributed by atoms with Crippen LogP contribution >= 0.6 is 0 Å². The molecular weight excluding hydrogens is 94.0 g/mol. The highest BCUT2D eigenvalue weighted by Gasteiger charge is 2.21. The number of hydrogen-bond acceptors (Lipinski definition) is 2. The maximum absolute atomic E-state index is 4.41. The monoisotopic (exact) mass is 103 g/mol. The Bertz CT molecular complexity index is 121. The Morgan fingerprint density at radius 3 is 1.57 bits per heavy atom. The van der Waals surface area contributed by atoms with E-state index in [2.05, 4.69) is 9.36 Å². The molecule has 0 saturated heterocycles. The van der Waals surface area contributed by atoms with Crippen LogP contribution in [0.3, 0.4) is 0 Å². The molecule has 3 nitrogen and oxygen atoms in total. The third kappa shape index (κ3) is 0.885. The average molecular weight is 103 g/mol. The normalized spacial score (nSPS) is 13.0. The van der Waals surface area contributed by atoms with E-state index in [-0.39, 0.29) is 5.54 Å². The minimum Gasteiger partial charge on any atom is -0.132 e. The number of hydrogen-bond donors (Lipinski definition) is 0. The largest absolute Gasteiger partial charge is 0.132 e. The van der Waals surface area contributed by atoms with Crippen molar-refractivity contribution in [3.05, 3.63) is 0 Å². The van der Waals surface area contributed by atoms with Gasteiger partial charge < -0.3 is 0 Å². The summed E-state index contributed by atoms with van der Waals surface area (Å²) in [6, 6.07) is 0. The second kappa shape index (κ2) is 0.967. The van der Waals surface area contributed by atoms with Gasteiger partial charge in [0.15, 0.2) is 0 Å². The van der Waals surface area contributed by atoms with E-state index in [0.29, 0.717) is 0 Å². The molecule has 42 valence electrons. The van der Waals surface area contributed by atoms with Gasteiger partial charge in [-0.3, -0.25) is 0 Å². The third-order valence-corrected chi connectivity index (χ3v) is 0.697. The quantitative estimate of drug-likeness (QED) is 0.465. The van der Waals surface area contributed by atoms with Crippen LogP contribution in [0.25, 0.3) is 0 Å².